The van der Waals surface area contributed by atoms with E-state index in [0.29, 0.717) is 10.9 Å². The maximum absolute atomic E-state index is 6.08. The van der Waals surface area contributed by atoms with Gasteiger partial charge in [-0.25, -0.2) is 4.98 Å². The second-order valence-electron chi connectivity index (χ2n) is 6.79. The minimum absolute atomic E-state index is 0.588. The molecule has 4 rings (SSSR count). The molecule has 3 heterocycles. The van der Waals surface area contributed by atoms with Crippen LogP contribution in [-0.4, -0.2) is 34.6 Å². The average molecular weight is 364 g/mol. The van der Waals surface area contributed by atoms with E-state index in [0.717, 1.165) is 37.9 Å². The second-order valence-corrected chi connectivity index (χ2v) is 8.08. The smallest absolute Gasteiger partial charge is 0.141 e. The molecule has 0 spiro atoms. The molecule has 6 heteroatoms. The number of thiazole rings is 1. The molecule has 0 bridgehead atoms. The van der Waals surface area contributed by atoms with E-state index in [-0.39, 0.29) is 0 Å². The summed E-state index contributed by atoms with van der Waals surface area (Å²) in [4.78, 5) is 11.3. The van der Waals surface area contributed by atoms with E-state index < -0.39 is 0 Å². The normalized spacial score (nSPS) is 19.5. The van der Waals surface area contributed by atoms with Crippen LogP contribution in [0, 0.1) is 5.92 Å². The van der Waals surface area contributed by atoms with Gasteiger partial charge >= 0.3 is 0 Å². The minimum Gasteiger partial charge on any atom is -0.492 e. The standard InChI is InChI=1S/C18H22ClN3OS/c19-16-9-20-6-3-17(16)23-11-13-4-7-22(8-5-13)10-15-12-24-18(21-15)14-1-2-14/h3,6,9,12-14H,1-2,4-5,7-8,10-11H2. The fourth-order valence-corrected chi connectivity index (χ4v) is 4.30. The predicted molar refractivity (Wildman–Crippen MR) is 96.8 cm³/mol. The lowest BCUT2D eigenvalue weighted by atomic mass is 9.98. The van der Waals surface area contributed by atoms with Gasteiger partial charge in [0.1, 0.15) is 10.8 Å². The molecule has 1 aliphatic carbocycles. The van der Waals surface area contributed by atoms with Crippen molar-refractivity contribution in [2.75, 3.05) is 19.7 Å². The fourth-order valence-electron chi connectivity index (χ4n) is 3.14. The number of piperidine rings is 1. The number of rotatable bonds is 6. The van der Waals surface area contributed by atoms with Crippen molar-refractivity contribution in [1.29, 1.82) is 0 Å². The third-order valence-corrected chi connectivity index (χ3v) is 6.14. The largest absolute Gasteiger partial charge is 0.492 e. The minimum atomic E-state index is 0.588. The lowest BCUT2D eigenvalue weighted by Crippen LogP contribution is -2.35. The topological polar surface area (TPSA) is 38.2 Å². The molecule has 128 valence electrons. The quantitative estimate of drug-likeness (QED) is 0.764. The maximum atomic E-state index is 6.08. The second kappa shape index (κ2) is 7.38. The summed E-state index contributed by atoms with van der Waals surface area (Å²) in [5.74, 6) is 2.11. The summed E-state index contributed by atoms with van der Waals surface area (Å²) in [6, 6.07) is 1.83. The Morgan fingerprint density at radius 2 is 2.08 bits per heavy atom. The van der Waals surface area contributed by atoms with Crippen molar-refractivity contribution < 1.29 is 4.74 Å². The first kappa shape index (κ1) is 16.3. The van der Waals surface area contributed by atoms with E-state index in [1.165, 1.54) is 36.4 Å². The molecule has 24 heavy (non-hydrogen) atoms. The van der Waals surface area contributed by atoms with Crippen LogP contribution in [0.3, 0.4) is 0 Å². The molecular formula is C18H22ClN3OS. The van der Waals surface area contributed by atoms with Gasteiger partial charge < -0.3 is 4.74 Å². The number of aromatic nitrogens is 2. The van der Waals surface area contributed by atoms with Gasteiger partial charge in [-0.3, -0.25) is 9.88 Å². The highest BCUT2D eigenvalue weighted by molar-refractivity contribution is 7.09. The Morgan fingerprint density at radius 1 is 1.25 bits per heavy atom. The molecule has 0 unspecified atom stereocenters. The SMILES string of the molecule is Clc1cnccc1OCC1CCN(Cc2csc(C3CC3)n2)CC1. The van der Waals surface area contributed by atoms with Crippen LogP contribution in [0.5, 0.6) is 5.75 Å². The molecule has 2 aromatic heterocycles. The van der Waals surface area contributed by atoms with Crippen LogP contribution in [0.4, 0.5) is 0 Å². The summed E-state index contributed by atoms with van der Waals surface area (Å²) in [5.41, 5.74) is 1.25. The predicted octanol–water partition coefficient (Wildman–Crippen LogP) is 4.36. The van der Waals surface area contributed by atoms with Gasteiger partial charge in [0.05, 0.1) is 17.3 Å². The van der Waals surface area contributed by atoms with Gasteiger partial charge in [-0.05, 0) is 44.7 Å². The van der Waals surface area contributed by atoms with Crippen molar-refractivity contribution in [3.8, 4) is 5.75 Å². The van der Waals surface area contributed by atoms with Crippen molar-refractivity contribution in [2.24, 2.45) is 5.92 Å². The third kappa shape index (κ3) is 4.08. The van der Waals surface area contributed by atoms with Crippen molar-refractivity contribution in [1.82, 2.24) is 14.9 Å². The summed E-state index contributed by atoms with van der Waals surface area (Å²) in [7, 11) is 0. The highest BCUT2D eigenvalue weighted by atomic mass is 35.5. The zero-order valence-corrected chi connectivity index (χ0v) is 15.2. The Hall–Kier alpha value is -1.17. The Kier molecular flexibility index (Phi) is 5.01. The van der Waals surface area contributed by atoms with Gasteiger partial charge in [0.25, 0.3) is 0 Å². The Balaban J connectivity index is 1.22. The van der Waals surface area contributed by atoms with Crippen LogP contribution < -0.4 is 4.74 Å². The highest BCUT2D eigenvalue weighted by Crippen LogP contribution is 2.41. The number of ether oxygens (including phenoxy) is 1. The van der Waals surface area contributed by atoms with Gasteiger partial charge in [-0.2, -0.15) is 0 Å². The first-order valence-corrected chi connectivity index (χ1v) is 9.92. The number of hydrogen-bond acceptors (Lipinski definition) is 5. The van der Waals surface area contributed by atoms with E-state index in [1.807, 2.05) is 17.4 Å². The number of hydrogen-bond donors (Lipinski definition) is 0. The molecule has 0 amide bonds. The number of pyridine rings is 1. The summed E-state index contributed by atoms with van der Waals surface area (Å²) in [6.07, 6.45) is 8.35. The third-order valence-electron chi connectivity index (χ3n) is 4.80. The van der Waals surface area contributed by atoms with E-state index in [2.05, 4.69) is 15.3 Å². The molecule has 0 N–H and O–H groups in total. The Morgan fingerprint density at radius 3 is 2.83 bits per heavy atom. The molecule has 2 aliphatic rings. The van der Waals surface area contributed by atoms with E-state index >= 15 is 0 Å². The fraction of sp³-hybridized carbons (Fsp3) is 0.556. The van der Waals surface area contributed by atoms with E-state index in [4.69, 9.17) is 21.3 Å². The van der Waals surface area contributed by atoms with Crippen molar-refractivity contribution in [2.45, 2.75) is 38.1 Å². The van der Waals surface area contributed by atoms with Gasteiger partial charge in [-0.1, -0.05) is 11.6 Å². The Bertz CT molecular complexity index is 680. The van der Waals surface area contributed by atoms with Gasteiger partial charge in [-0.15, -0.1) is 11.3 Å². The van der Waals surface area contributed by atoms with Gasteiger partial charge in [0, 0.05) is 36.3 Å². The summed E-state index contributed by atoms with van der Waals surface area (Å²) < 4.78 is 5.87. The molecule has 2 aromatic rings. The Labute approximate surface area is 151 Å². The molecule has 1 aliphatic heterocycles. The summed E-state index contributed by atoms with van der Waals surface area (Å²) in [5, 5.41) is 4.18. The lowest BCUT2D eigenvalue weighted by Gasteiger charge is -2.31. The number of halogens is 1. The number of likely N-dealkylation sites (tertiary alicyclic amines) is 1. The van der Waals surface area contributed by atoms with Gasteiger partial charge in [0.2, 0.25) is 0 Å². The van der Waals surface area contributed by atoms with Crippen molar-refractivity contribution >= 4 is 22.9 Å². The molecule has 1 saturated carbocycles. The first-order chi connectivity index (χ1) is 11.8. The maximum Gasteiger partial charge on any atom is 0.141 e. The van der Waals surface area contributed by atoms with Crippen LogP contribution in [0.25, 0.3) is 0 Å². The van der Waals surface area contributed by atoms with E-state index in [1.54, 1.807) is 12.4 Å². The monoisotopic (exact) mass is 363 g/mol. The van der Waals surface area contributed by atoms with Crippen molar-refractivity contribution in [3.05, 3.63) is 39.6 Å². The zero-order valence-electron chi connectivity index (χ0n) is 13.7. The summed E-state index contributed by atoms with van der Waals surface area (Å²) in [6.45, 7) is 3.97. The zero-order chi connectivity index (χ0) is 16.4. The van der Waals surface area contributed by atoms with Crippen LogP contribution >= 0.6 is 22.9 Å². The van der Waals surface area contributed by atoms with Crippen molar-refractivity contribution in [3.63, 3.8) is 0 Å². The summed E-state index contributed by atoms with van der Waals surface area (Å²) >= 11 is 7.92. The highest BCUT2D eigenvalue weighted by Gasteiger charge is 2.27. The molecule has 2 fully saturated rings. The molecular weight excluding hydrogens is 342 g/mol. The van der Waals surface area contributed by atoms with Crippen LogP contribution in [0.15, 0.2) is 23.8 Å². The molecule has 0 radical (unpaired) electrons. The van der Waals surface area contributed by atoms with Gasteiger partial charge in [0.15, 0.2) is 0 Å². The lowest BCUT2D eigenvalue weighted by molar-refractivity contribution is 0.136. The molecule has 1 saturated heterocycles. The molecule has 4 nitrogen and oxygen atoms in total. The number of nitrogens with zero attached hydrogens (tertiary/aromatic N) is 3. The van der Waals surface area contributed by atoms with Crippen LogP contribution in [-0.2, 0) is 6.54 Å². The van der Waals surface area contributed by atoms with E-state index in [9.17, 15) is 0 Å². The average Bonchev–Trinajstić information content (AvgIpc) is 3.35. The molecule has 0 atom stereocenters. The van der Waals surface area contributed by atoms with Crippen LogP contribution in [0.1, 0.15) is 42.3 Å². The first-order valence-electron chi connectivity index (χ1n) is 8.67. The molecule has 0 aromatic carbocycles. The van der Waals surface area contributed by atoms with Crippen LogP contribution in [0.2, 0.25) is 5.02 Å².